The van der Waals surface area contributed by atoms with Gasteiger partial charge in [0.1, 0.15) is 0 Å². The first kappa shape index (κ1) is 10.0. The van der Waals surface area contributed by atoms with Gasteiger partial charge in [0.15, 0.2) is 0 Å². The molecule has 1 aliphatic rings. The lowest BCUT2D eigenvalue weighted by molar-refractivity contribution is 0.330. The van der Waals surface area contributed by atoms with Crippen LogP contribution in [0.4, 0.5) is 0 Å². The molecule has 1 aromatic rings. The average Bonchev–Trinajstić information content (AvgIpc) is 2.20. The van der Waals surface area contributed by atoms with E-state index < -0.39 is 0 Å². The Hall–Kier alpha value is -0.490. The zero-order chi connectivity index (χ0) is 9.97. The second-order valence-electron chi connectivity index (χ2n) is 4.42. The molecule has 0 heterocycles. The topological polar surface area (TPSA) is 0 Å². The molecule has 0 aromatic heterocycles. The number of halogens is 1. The van der Waals surface area contributed by atoms with Gasteiger partial charge in [-0.2, -0.15) is 0 Å². The van der Waals surface area contributed by atoms with E-state index in [4.69, 9.17) is 11.6 Å². The molecule has 0 bridgehead atoms. The van der Waals surface area contributed by atoms with Crippen LogP contribution >= 0.6 is 11.6 Å². The minimum atomic E-state index is 0.765. The molecule has 76 valence electrons. The Morgan fingerprint density at radius 2 is 1.71 bits per heavy atom. The van der Waals surface area contributed by atoms with E-state index in [0.29, 0.717) is 0 Å². The monoisotopic (exact) mass is 208 g/mol. The van der Waals surface area contributed by atoms with E-state index in [1.54, 1.807) is 0 Å². The lowest BCUT2D eigenvalue weighted by atomic mass is 9.76. The highest BCUT2D eigenvalue weighted by atomic mass is 35.5. The Kier molecular flexibility index (Phi) is 3.12. The molecule has 0 spiro atoms. The maximum atomic E-state index is 5.89. The van der Waals surface area contributed by atoms with Crippen LogP contribution in [0.1, 0.15) is 44.1 Å². The molecule has 0 aliphatic heterocycles. The molecule has 1 heteroatoms. The number of hydrogen-bond acceptors (Lipinski definition) is 0. The summed E-state index contributed by atoms with van der Waals surface area (Å²) in [5.74, 6) is 1.60. The van der Waals surface area contributed by atoms with E-state index in [9.17, 15) is 0 Å². The van der Waals surface area contributed by atoms with Gasteiger partial charge >= 0.3 is 0 Å². The SMILES string of the molecule is CC1CCCCC1c1ccc(Cl)cc1. The van der Waals surface area contributed by atoms with E-state index in [1.807, 2.05) is 12.1 Å². The Balaban J connectivity index is 2.16. The smallest absolute Gasteiger partial charge is 0.0406 e. The second kappa shape index (κ2) is 4.35. The van der Waals surface area contributed by atoms with Crippen LogP contribution < -0.4 is 0 Å². The molecule has 14 heavy (non-hydrogen) atoms. The van der Waals surface area contributed by atoms with E-state index in [1.165, 1.54) is 31.2 Å². The number of benzene rings is 1. The summed E-state index contributed by atoms with van der Waals surface area (Å²) >= 11 is 5.89. The molecule has 2 atom stereocenters. The molecule has 0 nitrogen and oxygen atoms in total. The summed E-state index contributed by atoms with van der Waals surface area (Å²) in [6.45, 7) is 2.37. The molecule has 0 saturated heterocycles. The van der Waals surface area contributed by atoms with Gasteiger partial charge in [0.2, 0.25) is 0 Å². The third-order valence-electron chi connectivity index (χ3n) is 3.41. The van der Waals surface area contributed by atoms with Crippen molar-refractivity contribution in [1.82, 2.24) is 0 Å². The largest absolute Gasteiger partial charge is 0.0843 e. The fourth-order valence-electron chi connectivity index (χ4n) is 2.52. The summed E-state index contributed by atoms with van der Waals surface area (Å²) in [5, 5.41) is 0.845. The predicted molar refractivity (Wildman–Crippen MR) is 61.8 cm³/mol. The van der Waals surface area contributed by atoms with Gasteiger partial charge in [0.05, 0.1) is 0 Å². The minimum Gasteiger partial charge on any atom is -0.0843 e. The van der Waals surface area contributed by atoms with Gasteiger partial charge in [-0.15, -0.1) is 0 Å². The average molecular weight is 209 g/mol. The highest BCUT2D eigenvalue weighted by Gasteiger charge is 2.22. The van der Waals surface area contributed by atoms with Crippen LogP contribution in [0.15, 0.2) is 24.3 Å². The third-order valence-corrected chi connectivity index (χ3v) is 3.66. The van der Waals surface area contributed by atoms with Crippen molar-refractivity contribution in [2.45, 2.75) is 38.5 Å². The molecule has 1 saturated carbocycles. The number of hydrogen-bond donors (Lipinski definition) is 0. The molecule has 2 unspecified atom stereocenters. The van der Waals surface area contributed by atoms with Crippen molar-refractivity contribution in [3.05, 3.63) is 34.9 Å². The second-order valence-corrected chi connectivity index (χ2v) is 4.86. The third kappa shape index (κ3) is 2.12. The van der Waals surface area contributed by atoms with Gasteiger partial charge in [0, 0.05) is 5.02 Å². The highest BCUT2D eigenvalue weighted by molar-refractivity contribution is 6.30. The van der Waals surface area contributed by atoms with Crippen molar-refractivity contribution >= 4 is 11.6 Å². The van der Waals surface area contributed by atoms with Crippen molar-refractivity contribution in [3.8, 4) is 0 Å². The minimum absolute atomic E-state index is 0.765. The van der Waals surface area contributed by atoms with Gasteiger partial charge in [-0.25, -0.2) is 0 Å². The summed E-state index contributed by atoms with van der Waals surface area (Å²) in [4.78, 5) is 0. The number of rotatable bonds is 1. The van der Waals surface area contributed by atoms with E-state index in [2.05, 4.69) is 19.1 Å². The fraction of sp³-hybridized carbons (Fsp3) is 0.538. The van der Waals surface area contributed by atoms with Crippen LogP contribution in [0.2, 0.25) is 5.02 Å². The summed E-state index contributed by atoms with van der Waals surface area (Å²) in [7, 11) is 0. The quantitative estimate of drug-likeness (QED) is 0.631. The molecule has 1 aromatic carbocycles. The fourth-order valence-corrected chi connectivity index (χ4v) is 2.65. The molecule has 1 fully saturated rings. The van der Waals surface area contributed by atoms with Gasteiger partial charge in [-0.3, -0.25) is 0 Å². The van der Waals surface area contributed by atoms with Crippen LogP contribution in [0.5, 0.6) is 0 Å². The van der Waals surface area contributed by atoms with Crippen molar-refractivity contribution in [1.29, 1.82) is 0 Å². The van der Waals surface area contributed by atoms with Crippen molar-refractivity contribution in [3.63, 3.8) is 0 Å². The first-order valence-corrected chi connectivity index (χ1v) is 5.90. The Morgan fingerprint density at radius 3 is 2.36 bits per heavy atom. The first-order valence-electron chi connectivity index (χ1n) is 5.53. The van der Waals surface area contributed by atoms with Crippen molar-refractivity contribution in [2.75, 3.05) is 0 Å². The summed E-state index contributed by atoms with van der Waals surface area (Å²) in [6.07, 6.45) is 5.53. The molecule has 0 N–H and O–H groups in total. The lowest BCUT2D eigenvalue weighted by Gasteiger charge is -2.29. The zero-order valence-corrected chi connectivity index (χ0v) is 9.43. The zero-order valence-electron chi connectivity index (χ0n) is 8.67. The summed E-state index contributed by atoms with van der Waals surface area (Å²) in [6, 6.07) is 8.40. The Morgan fingerprint density at radius 1 is 1.07 bits per heavy atom. The van der Waals surface area contributed by atoms with Gasteiger partial charge in [-0.1, -0.05) is 49.9 Å². The maximum Gasteiger partial charge on any atom is 0.0406 e. The molecule has 2 rings (SSSR count). The van der Waals surface area contributed by atoms with E-state index in [0.717, 1.165) is 16.9 Å². The van der Waals surface area contributed by atoms with Crippen molar-refractivity contribution in [2.24, 2.45) is 5.92 Å². The van der Waals surface area contributed by atoms with Crippen LogP contribution in [-0.4, -0.2) is 0 Å². The van der Waals surface area contributed by atoms with Crippen LogP contribution in [0, 0.1) is 5.92 Å². The van der Waals surface area contributed by atoms with Crippen LogP contribution in [0.3, 0.4) is 0 Å². The molecule has 0 radical (unpaired) electrons. The Labute approximate surface area is 91.3 Å². The van der Waals surface area contributed by atoms with E-state index >= 15 is 0 Å². The van der Waals surface area contributed by atoms with Gasteiger partial charge in [-0.05, 0) is 36.0 Å². The van der Waals surface area contributed by atoms with Crippen LogP contribution in [0.25, 0.3) is 0 Å². The van der Waals surface area contributed by atoms with Gasteiger partial charge < -0.3 is 0 Å². The van der Waals surface area contributed by atoms with Crippen molar-refractivity contribution < 1.29 is 0 Å². The van der Waals surface area contributed by atoms with E-state index in [-0.39, 0.29) is 0 Å². The molecule has 0 amide bonds. The van der Waals surface area contributed by atoms with Crippen LogP contribution in [-0.2, 0) is 0 Å². The molecular weight excluding hydrogens is 192 g/mol. The lowest BCUT2D eigenvalue weighted by Crippen LogP contribution is -2.14. The first-order chi connectivity index (χ1) is 6.77. The molecular formula is C13H17Cl. The Bertz CT molecular complexity index is 289. The highest BCUT2D eigenvalue weighted by Crippen LogP contribution is 2.37. The van der Waals surface area contributed by atoms with Gasteiger partial charge in [0.25, 0.3) is 0 Å². The standard InChI is InChI=1S/C13H17Cl/c1-10-4-2-3-5-13(10)11-6-8-12(14)9-7-11/h6-10,13H,2-5H2,1H3. The summed E-state index contributed by atoms with van der Waals surface area (Å²) < 4.78 is 0. The predicted octanol–water partition coefficient (Wildman–Crippen LogP) is 4.63. The normalized spacial score (nSPS) is 27.6. The molecule has 1 aliphatic carbocycles. The summed E-state index contributed by atoms with van der Waals surface area (Å²) in [5.41, 5.74) is 1.47. The maximum absolute atomic E-state index is 5.89.